The van der Waals surface area contributed by atoms with E-state index in [1.807, 2.05) is 0 Å². The zero-order chi connectivity index (χ0) is 15.7. The van der Waals surface area contributed by atoms with Crippen LogP contribution >= 0.6 is 0 Å². The third kappa shape index (κ3) is 6.24. The van der Waals surface area contributed by atoms with E-state index in [1.54, 1.807) is 18.2 Å². The monoisotopic (exact) mass is 305 g/mol. The number of ether oxygens (including phenoxy) is 3. The summed E-state index contributed by atoms with van der Waals surface area (Å²) < 4.78 is 39.3. The maximum Gasteiger partial charge on any atom is 0.387 e. The second-order valence-electron chi connectivity index (χ2n) is 4.40. The van der Waals surface area contributed by atoms with Crippen molar-refractivity contribution in [1.29, 1.82) is 0 Å². The number of nitrogens with one attached hydrogen (secondary N) is 1. The molecule has 0 radical (unpaired) electrons. The molecule has 0 heterocycles. The van der Waals surface area contributed by atoms with Gasteiger partial charge in [0.05, 0.1) is 19.8 Å². The molecule has 1 atom stereocenters. The van der Waals surface area contributed by atoms with Crippen molar-refractivity contribution in [2.45, 2.75) is 25.7 Å². The van der Waals surface area contributed by atoms with E-state index in [2.05, 4.69) is 10.1 Å². The zero-order valence-corrected chi connectivity index (χ0v) is 12.1. The van der Waals surface area contributed by atoms with E-state index in [1.165, 1.54) is 14.2 Å². The van der Waals surface area contributed by atoms with Gasteiger partial charge in [0, 0.05) is 19.2 Å². The third-order valence-corrected chi connectivity index (χ3v) is 2.82. The molecule has 7 heteroatoms. The second-order valence-corrected chi connectivity index (χ2v) is 4.40. The van der Waals surface area contributed by atoms with Crippen LogP contribution in [0.25, 0.3) is 0 Å². The van der Waals surface area contributed by atoms with E-state index in [0.717, 1.165) is 0 Å². The summed E-state index contributed by atoms with van der Waals surface area (Å²) in [6.45, 7) is -1.79. The summed E-state index contributed by atoms with van der Waals surface area (Å²) in [5.74, 6) is 0.286. The molecule has 1 rings (SSSR count). The summed E-state index contributed by atoms with van der Waals surface area (Å²) in [6, 6.07) is 4.94. The van der Waals surface area contributed by atoms with Gasteiger partial charge >= 0.3 is 6.61 Å². The molecule has 0 aromatic heterocycles. The molecule has 0 aliphatic carbocycles. The van der Waals surface area contributed by atoms with E-state index < -0.39 is 12.7 Å². The van der Waals surface area contributed by atoms with Crippen LogP contribution in [0.5, 0.6) is 11.5 Å². The average Bonchev–Trinajstić information content (AvgIpc) is 2.44. The minimum absolute atomic E-state index is 0.0277. The lowest BCUT2D eigenvalue weighted by atomic mass is 10.1. The molecule has 0 fully saturated rings. The highest BCUT2D eigenvalue weighted by Gasteiger charge is 2.15. The molecule has 0 saturated heterocycles. The van der Waals surface area contributed by atoms with Gasteiger partial charge in [0.2, 0.25) is 0 Å². The van der Waals surface area contributed by atoms with Gasteiger partial charge in [-0.3, -0.25) is 0 Å². The Morgan fingerprint density at radius 1 is 1.29 bits per heavy atom. The number of aliphatic hydroxyl groups is 1. The molecule has 21 heavy (non-hydrogen) atoms. The Kier molecular flexibility index (Phi) is 7.96. The smallest absolute Gasteiger partial charge is 0.387 e. The van der Waals surface area contributed by atoms with Crippen LogP contribution in [0.2, 0.25) is 0 Å². The number of halogens is 2. The van der Waals surface area contributed by atoms with E-state index in [-0.39, 0.29) is 18.1 Å². The Bertz CT molecular complexity index is 418. The standard InChI is InChI=1S/C14H21F2NO4/c1-19-9-11(18)6-7-17-8-10-4-3-5-12(20-2)13(10)21-14(15)16/h3-5,11,14,17-18H,6-9H2,1-2H3. The summed E-state index contributed by atoms with van der Waals surface area (Å²) in [5, 5.41) is 12.6. The lowest BCUT2D eigenvalue weighted by molar-refractivity contribution is -0.0518. The number of hydrogen-bond acceptors (Lipinski definition) is 5. The van der Waals surface area contributed by atoms with Crippen molar-refractivity contribution >= 4 is 0 Å². The Hall–Kier alpha value is -1.44. The number of alkyl halides is 2. The molecular weight excluding hydrogens is 284 g/mol. The lowest BCUT2D eigenvalue weighted by Gasteiger charge is -2.15. The number of rotatable bonds is 10. The highest BCUT2D eigenvalue weighted by atomic mass is 19.3. The van der Waals surface area contributed by atoms with E-state index in [4.69, 9.17) is 9.47 Å². The van der Waals surface area contributed by atoms with Crippen LogP contribution in [0, 0.1) is 0 Å². The maximum atomic E-state index is 12.5. The van der Waals surface area contributed by atoms with Crippen LogP contribution < -0.4 is 14.8 Å². The summed E-state index contributed by atoms with van der Waals surface area (Å²) >= 11 is 0. The minimum atomic E-state index is -2.91. The molecule has 0 amide bonds. The third-order valence-electron chi connectivity index (χ3n) is 2.82. The van der Waals surface area contributed by atoms with Gasteiger partial charge in [-0.05, 0) is 19.0 Å². The molecule has 1 unspecified atom stereocenters. The van der Waals surface area contributed by atoms with Crippen molar-refractivity contribution in [3.63, 3.8) is 0 Å². The van der Waals surface area contributed by atoms with Crippen LogP contribution in [0.4, 0.5) is 8.78 Å². The normalized spacial score (nSPS) is 12.5. The molecule has 0 saturated carbocycles. The Labute approximate surface area is 122 Å². The molecule has 2 N–H and O–H groups in total. The quantitative estimate of drug-likeness (QED) is 0.645. The number of aliphatic hydroxyl groups excluding tert-OH is 1. The predicted octanol–water partition coefficient (Wildman–Crippen LogP) is 1.78. The largest absolute Gasteiger partial charge is 0.493 e. The van der Waals surface area contributed by atoms with Gasteiger partial charge in [-0.25, -0.2) is 0 Å². The first-order chi connectivity index (χ1) is 10.1. The van der Waals surface area contributed by atoms with Gasteiger partial charge in [-0.2, -0.15) is 8.78 Å². The van der Waals surface area contributed by atoms with E-state index in [9.17, 15) is 13.9 Å². The van der Waals surface area contributed by atoms with Crippen LogP contribution in [0.1, 0.15) is 12.0 Å². The fraction of sp³-hybridized carbons (Fsp3) is 0.571. The summed E-state index contributed by atoms with van der Waals surface area (Å²) in [6.07, 6.45) is -0.0485. The van der Waals surface area contributed by atoms with Gasteiger partial charge in [-0.15, -0.1) is 0 Å². The van der Waals surface area contributed by atoms with Gasteiger partial charge in [0.15, 0.2) is 11.5 Å². The van der Waals surface area contributed by atoms with Gasteiger partial charge < -0.3 is 24.6 Å². The highest BCUT2D eigenvalue weighted by Crippen LogP contribution is 2.32. The summed E-state index contributed by atoms with van der Waals surface area (Å²) in [5.41, 5.74) is 0.566. The molecule has 0 spiro atoms. The Morgan fingerprint density at radius 2 is 2.05 bits per heavy atom. The van der Waals surface area contributed by atoms with Gasteiger partial charge in [0.25, 0.3) is 0 Å². The lowest BCUT2D eigenvalue weighted by Crippen LogP contribution is -2.23. The summed E-state index contributed by atoms with van der Waals surface area (Å²) in [7, 11) is 2.91. The molecule has 0 aliphatic heterocycles. The summed E-state index contributed by atoms with van der Waals surface area (Å²) in [4.78, 5) is 0. The van der Waals surface area contributed by atoms with E-state index in [0.29, 0.717) is 25.1 Å². The predicted molar refractivity (Wildman–Crippen MR) is 73.8 cm³/mol. The Morgan fingerprint density at radius 3 is 2.67 bits per heavy atom. The van der Waals surface area contributed by atoms with Crippen LogP contribution in [0.3, 0.4) is 0 Å². The molecule has 0 bridgehead atoms. The van der Waals surface area contributed by atoms with Crippen molar-refractivity contribution in [2.75, 3.05) is 27.4 Å². The van der Waals surface area contributed by atoms with Gasteiger partial charge in [-0.1, -0.05) is 12.1 Å². The average molecular weight is 305 g/mol. The number of benzene rings is 1. The van der Waals surface area contributed by atoms with Crippen molar-refractivity contribution in [2.24, 2.45) is 0 Å². The molecule has 1 aromatic rings. The first-order valence-corrected chi connectivity index (χ1v) is 6.56. The number of methoxy groups -OCH3 is 2. The molecule has 1 aromatic carbocycles. The molecular formula is C14H21F2NO4. The number of para-hydroxylation sites is 1. The molecule has 120 valence electrons. The van der Waals surface area contributed by atoms with Crippen LogP contribution in [-0.2, 0) is 11.3 Å². The SMILES string of the molecule is COCC(O)CCNCc1cccc(OC)c1OC(F)F. The van der Waals surface area contributed by atoms with Crippen LogP contribution in [0.15, 0.2) is 18.2 Å². The fourth-order valence-corrected chi connectivity index (χ4v) is 1.85. The van der Waals surface area contributed by atoms with Crippen molar-refractivity contribution < 1.29 is 28.1 Å². The van der Waals surface area contributed by atoms with Crippen molar-refractivity contribution in [3.8, 4) is 11.5 Å². The molecule has 0 aliphatic rings. The fourth-order valence-electron chi connectivity index (χ4n) is 1.85. The number of hydrogen-bond donors (Lipinski definition) is 2. The second kappa shape index (κ2) is 9.49. The Balaban J connectivity index is 2.57. The van der Waals surface area contributed by atoms with Crippen molar-refractivity contribution in [3.05, 3.63) is 23.8 Å². The van der Waals surface area contributed by atoms with Crippen LogP contribution in [-0.4, -0.2) is 45.2 Å². The minimum Gasteiger partial charge on any atom is -0.493 e. The van der Waals surface area contributed by atoms with Gasteiger partial charge in [0.1, 0.15) is 0 Å². The van der Waals surface area contributed by atoms with Crippen molar-refractivity contribution in [1.82, 2.24) is 5.32 Å². The maximum absolute atomic E-state index is 12.5. The topological polar surface area (TPSA) is 60.0 Å². The first-order valence-electron chi connectivity index (χ1n) is 6.56. The highest BCUT2D eigenvalue weighted by molar-refractivity contribution is 5.46. The first kappa shape index (κ1) is 17.6. The molecule has 5 nitrogen and oxygen atoms in total. The van der Waals surface area contributed by atoms with E-state index >= 15 is 0 Å². The zero-order valence-electron chi connectivity index (χ0n) is 12.1.